The van der Waals surface area contributed by atoms with E-state index in [4.69, 9.17) is 4.98 Å². The monoisotopic (exact) mass is 337 g/mol. The fourth-order valence-electron chi connectivity index (χ4n) is 3.15. The molecule has 0 fully saturated rings. The summed E-state index contributed by atoms with van der Waals surface area (Å²) in [5, 5.41) is 10.5. The molecule has 2 aromatic heterocycles. The molecule has 0 bridgehead atoms. The Kier molecular flexibility index (Phi) is 3.91. The Hall–Kier alpha value is -3.58. The van der Waals surface area contributed by atoms with Crippen LogP contribution in [0, 0.1) is 25.2 Å². The van der Waals surface area contributed by atoms with E-state index in [1.807, 2.05) is 80.8 Å². The Bertz CT molecular complexity index is 1170. The van der Waals surface area contributed by atoms with Gasteiger partial charge < -0.3 is 0 Å². The van der Waals surface area contributed by atoms with Crippen LogP contribution in [0.3, 0.4) is 0 Å². The number of para-hydroxylation sites is 1. The maximum atomic E-state index is 9.51. The Morgan fingerprint density at radius 1 is 1.00 bits per heavy atom. The Morgan fingerprint density at radius 2 is 1.81 bits per heavy atom. The van der Waals surface area contributed by atoms with Crippen molar-refractivity contribution >= 4 is 10.9 Å². The lowest BCUT2D eigenvalue weighted by Gasteiger charge is -2.09. The number of nitrogens with zero attached hydrogens (tertiary/aromatic N) is 4. The van der Waals surface area contributed by atoms with Gasteiger partial charge in [-0.15, -0.1) is 0 Å². The van der Waals surface area contributed by atoms with Crippen molar-refractivity contribution in [1.82, 2.24) is 9.97 Å². The number of rotatable bonds is 2. The average Bonchev–Trinajstić information content (AvgIpc) is 2.68. The Morgan fingerprint density at radius 3 is 2.62 bits per heavy atom. The maximum absolute atomic E-state index is 9.51. The summed E-state index contributed by atoms with van der Waals surface area (Å²) in [5.41, 5.74) is 5.46. The fraction of sp³-hybridized carbons (Fsp3) is 0.0909. The normalized spacial score (nSPS) is 10.7. The zero-order chi connectivity index (χ0) is 18.1. The standard InChI is InChI=1S/C22H17N4/c1-15-7-5-6-10-26(15)21-12-17(13-23)11-19(16(21)2)22-24-14-18-8-3-4-9-20(18)25-22/h3-12,14H,1-2H3/q+1. The molecule has 4 aromatic rings. The van der Waals surface area contributed by atoms with Crippen molar-refractivity contribution in [3.63, 3.8) is 0 Å². The van der Waals surface area contributed by atoms with E-state index >= 15 is 0 Å². The second kappa shape index (κ2) is 6.38. The zero-order valence-corrected chi connectivity index (χ0v) is 14.6. The average molecular weight is 337 g/mol. The second-order valence-electron chi connectivity index (χ2n) is 6.24. The molecule has 0 spiro atoms. The number of nitriles is 1. The van der Waals surface area contributed by atoms with Gasteiger partial charge in [-0.1, -0.05) is 24.3 Å². The van der Waals surface area contributed by atoms with Gasteiger partial charge in [0.1, 0.15) is 0 Å². The van der Waals surface area contributed by atoms with Crippen LogP contribution in [-0.4, -0.2) is 9.97 Å². The third-order valence-electron chi connectivity index (χ3n) is 4.56. The molecular weight excluding hydrogens is 320 g/mol. The first-order valence-corrected chi connectivity index (χ1v) is 8.42. The van der Waals surface area contributed by atoms with Crippen molar-refractivity contribution in [2.24, 2.45) is 0 Å². The summed E-state index contributed by atoms with van der Waals surface area (Å²) >= 11 is 0. The SMILES string of the molecule is Cc1c(-c2ncc3ccccc3n2)cc(C#N)cc1-[n+]1ccccc1C. The van der Waals surface area contributed by atoms with Crippen LogP contribution in [0.5, 0.6) is 0 Å². The van der Waals surface area contributed by atoms with Crippen LogP contribution < -0.4 is 4.57 Å². The van der Waals surface area contributed by atoms with Gasteiger partial charge in [-0.05, 0) is 19.1 Å². The number of hydrogen-bond donors (Lipinski definition) is 0. The van der Waals surface area contributed by atoms with Crippen LogP contribution >= 0.6 is 0 Å². The third-order valence-corrected chi connectivity index (χ3v) is 4.56. The van der Waals surface area contributed by atoms with Gasteiger partial charge in [0.05, 0.1) is 17.1 Å². The quantitative estimate of drug-likeness (QED) is 0.518. The molecule has 0 aliphatic heterocycles. The number of fused-ring (bicyclic) bond motifs is 1. The molecule has 2 heterocycles. The smallest absolute Gasteiger partial charge is 0.215 e. The predicted molar refractivity (Wildman–Crippen MR) is 101 cm³/mol. The summed E-state index contributed by atoms with van der Waals surface area (Å²) in [6.45, 7) is 4.09. The van der Waals surface area contributed by atoms with Gasteiger partial charge in [-0.3, -0.25) is 0 Å². The lowest BCUT2D eigenvalue weighted by molar-refractivity contribution is -0.603. The molecule has 0 unspecified atom stereocenters. The number of benzene rings is 2. The Balaban J connectivity index is 1.98. The molecule has 4 rings (SSSR count). The number of aromatic nitrogens is 3. The van der Waals surface area contributed by atoms with Crippen molar-refractivity contribution in [2.75, 3.05) is 0 Å². The first-order chi connectivity index (χ1) is 12.7. The summed E-state index contributed by atoms with van der Waals surface area (Å²) in [6.07, 6.45) is 3.83. The van der Waals surface area contributed by atoms with Crippen LogP contribution in [-0.2, 0) is 0 Å². The molecular formula is C22H17N4+. The minimum absolute atomic E-state index is 0.591. The lowest BCUT2D eigenvalue weighted by Crippen LogP contribution is -2.34. The van der Waals surface area contributed by atoms with Gasteiger partial charge >= 0.3 is 0 Å². The molecule has 4 heteroatoms. The van der Waals surface area contributed by atoms with Crippen LogP contribution in [0.15, 0.2) is 67.0 Å². The van der Waals surface area contributed by atoms with Gasteiger partial charge in [-0.25, -0.2) is 9.97 Å². The van der Waals surface area contributed by atoms with Crippen molar-refractivity contribution < 1.29 is 4.57 Å². The summed E-state index contributed by atoms with van der Waals surface area (Å²) in [7, 11) is 0. The Labute approximate surface area is 152 Å². The first-order valence-electron chi connectivity index (χ1n) is 8.42. The topological polar surface area (TPSA) is 53.5 Å². The predicted octanol–water partition coefficient (Wildman–Crippen LogP) is 4.06. The van der Waals surface area contributed by atoms with Crippen LogP contribution in [0.4, 0.5) is 0 Å². The van der Waals surface area contributed by atoms with Gasteiger partial charge in [-0.2, -0.15) is 9.83 Å². The largest absolute Gasteiger partial charge is 0.236 e. The van der Waals surface area contributed by atoms with E-state index < -0.39 is 0 Å². The van der Waals surface area contributed by atoms with E-state index in [0.29, 0.717) is 11.4 Å². The highest BCUT2D eigenvalue weighted by molar-refractivity contribution is 5.80. The molecule has 0 N–H and O–H groups in total. The molecule has 0 aliphatic carbocycles. The van der Waals surface area contributed by atoms with Crippen molar-refractivity contribution in [3.8, 4) is 23.1 Å². The minimum atomic E-state index is 0.591. The van der Waals surface area contributed by atoms with Crippen LogP contribution in [0.25, 0.3) is 28.0 Å². The highest BCUT2D eigenvalue weighted by Gasteiger charge is 2.19. The molecule has 2 aromatic carbocycles. The van der Waals surface area contributed by atoms with Gasteiger partial charge in [0.15, 0.2) is 17.7 Å². The summed E-state index contributed by atoms with van der Waals surface area (Å²) in [6, 6.07) is 20.0. The molecule has 124 valence electrons. The van der Waals surface area contributed by atoms with E-state index in [2.05, 4.69) is 15.6 Å². The fourth-order valence-corrected chi connectivity index (χ4v) is 3.15. The zero-order valence-electron chi connectivity index (χ0n) is 14.6. The summed E-state index contributed by atoms with van der Waals surface area (Å²) in [4.78, 5) is 9.25. The highest BCUT2D eigenvalue weighted by atomic mass is 15.0. The van der Waals surface area contributed by atoms with Gasteiger partial charge in [0.25, 0.3) is 0 Å². The number of pyridine rings is 1. The minimum Gasteiger partial charge on any atom is -0.236 e. The lowest BCUT2D eigenvalue weighted by atomic mass is 10.0. The van der Waals surface area contributed by atoms with Crippen molar-refractivity contribution in [1.29, 1.82) is 5.26 Å². The molecule has 0 aliphatic rings. The van der Waals surface area contributed by atoms with E-state index in [1.54, 1.807) is 0 Å². The third kappa shape index (κ3) is 2.70. The van der Waals surface area contributed by atoms with Crippen LogP contribution in [0.2, 0.25) is 0 Å². The molecule has 0 amide bonds. The van der Waals surface area contributed by atoms with E-state index in [0.717, 1.165) is 33.4 Å². The molecule has 0 atom stereocenters. The molecule has 0 saturated carbocycles. The molecule has 0 radical (unpaired) electrons. The van der Waals surface area contributed by atoms with E-state index in [1.165, 1.54) is 0 Å². The molecule has 0 saturated heterocycles. The first kappa shape index (κ1) is 15.9. The number of aryl methyl sites for hydroxylation is 1. The van der Waals surface area contributed by atoms with Crippen LogP contribution in [0.1, 0.15) is 16.8 Å². The van der Waals surface area contributed by atoms with Gasteiger partial charge in [0, 0.05) is 47.8 Å². The molecule has 4 nitrogen and oxygen atoms in total. The van der Waals surface area contributed by atoms with E-state index in [-0.39, 0.29) is 0 Å². The summed E-state index contributed by atoms with van der Waals surface area (Å²) in [5.74, 6) is 0.633. The number of hydrogen-bond acceptors (Lipinski definition) is 3. The second-order valence-corrected chi connectivity index (χ2v) is 6.24. The molecule has 26 heavy (non-hydrogen) atoms. The van der Waals surface area contributed by atoms with E-state index in [9.17, 15) is 5.26 Å². The highest BCUT2D eigenvalue weighted by Crippen LogP contribution is 2.26. The maximum Gasteiger partial charge on any atom is 0.215 e. The van der Waals surface area contributed by atoms with Gasteiger partial charge in [0.2, 0.25) is 5.69 Å². The van der Waals surface area contributed by atoms with Crippen molar-refractivity contribution in [2.45, 2.75) is 13.8 Å². The summed E-state index contributed by atoms with van der Waals surface area (Å²) < 4.78 is 2.08. The van der Waals surface area contributed by atoms with Crippen molar-refractivity contribution in [3.05, 3.63) is 83.8 Å².